The van der Waals surface area contributed by atoms with E-state index >= 15 is 0 Å². The van der Waals surface area contributed by atoms with E-state index in [1.165, 1.54) is 25.3 Å². The molecular formula is C23H20F4N2O6S. The predicted molar refractivity (Wildman–Crippen MR) is 121 cm³/mol. The highest BCUT2D eigenvalue weighted by atomic mass is 32.2. The minimum atomic E-state index is -4.89. The summed E-state index contributed by atoms with van der Waals surface area (Å²) in [5.74, 6) is -2.74. The Morgan fingerprint density at radius 3 is 2.42 bits per heavy atom. The molecule has 0 unspecified atom stereocenters. The number of rotatable bonds is 8. The molecule has 1 amide bonds. The normalized spacial score (nSPS) is 11.6. The van der Waals surface area contributed by atoms with Gasteiger partial charge in [-0.25, -0.2) is 22.5 Å². The van der Waals surface area contributed by atoms with Gasteiger partial charge in [-0.05, 0) is 55.8 Å². The Morgan fingerprint density at radius 1 is 1.08 bits per heavy atom. The first-order chi connectivity index (χ1) is 16.8. The Morgan fingerprint density at radius 2 is 1.81 bits per heavy atom. The van der Waals surface area contributed by atoms with Crippen LogP contribution in [0.4, 0.5) is 17.6 Å². The van der Waals surface area contributed by atoms with Gasteiger partial charge in [-0.3, -0.25) is 4.79 Å². The van der Waals surface area contributed by atoms with Crippen molar-refractivity contribution in [3.05, 3.63) is 65.6 Å². The predicted octanol–water partition coefficient (Wildman–Crippen LogP) is 4.98. The number of benzene rings is 2. The number of ether oxygens (including phenoxy) is 3. The van der Waals surface area contributed by atoms with Gasteiger partial charge in [-0.15, -0.1) is 13.2 Å². The summed E-state index contributed by atoms with van der Waals surface area (Å²) in [5.41, 5.74) is -0.108. The van der Waals surface area contributed by atoms with Gasteiger partial charge in [0.25, 0.3) is 5.91 Å². The van der Waals surface area contributed by atoms with E-state index in [2.05, 4.69) is 9.72 Å². The van der Waals surface area contributed by atoms with E-state index in [1.807, 2.05) is 0 Å². The summed E-state index contributed by atoms with van der Waals surface area (Å²) in [7, 11) is -3.99. The molecule has 36 heavy (non-hydrogen) atoms. The van der Waals surface area contributed by atoms with Crippen LogP contribution < -0.4 is 18.9 Å². The second-order valence-electron chi connectivity index (χ2n) is 7.40. The SMILES string of the molecule is CCOc1ncccc1-c1cc(C(=O)NS(C)(=O)=O)c(F)cc1Oc1ccc(OC(F)(F)F)c(C)c1. The average Bonchev–Trinajstić information content (AvgIpc) is 2.74. The van der Waals surface area contributed by atoms with Gasteiger partial charge < -0.3 is 14.2 Å². The molecule has 3 rings (SSSR count). The third-order valence-electron chi connectivity index (χ3n) is 4.53. The molecule has 0 spiro atoms. The molecule has 192 valence electrons. The number of carbonyl (C=O) groups is 1. The van der Waals surface area contributed by atoms with Crippen LogP contribution in [-0.4, -0.2) is 38.5 Å². The number of halogens is 4. The molecule has 8 nitrogen and oxygen atoms in total. The summed E-state index contributed by atoms with van der Waals surface area (Å²) < 4.78 is 92.5. The van der Waals surface area contributed by atoms with Crippen LogP contribution in [0.2, 0.25) is 0 Å². The first-order valence-electron chi connectivity index (χ1n) is 10.3. The Bertz CT molecular complexity index is 1390. The highest BCUT2D eigenvalue weighted by Crippen LogP contribution is 2.40. The Hall–Kier alpha value is -3.87. The molecule has 0 saturated carbocycles. The summed E-state index contributed by atoms with van der Waals surface area (Å²) in [6, 6.07) is 8.50. The van der Waals surface area contributed by atoms with Crippen LogP contribution in [-0.2, 0) is 10.0 Å². The number of alkyl halides is 3. The molecule has 0 atom stereocenters. The highest BCUT2D eigenvalue weighted by Gasteiger charge is 2.32. The molecular weight excluding hydrogens is 508 g/mol. The fourth-order valence-corrected chi connectivity index (χ4v) is 3.59. The second-order valence-corrected chi connectivity index (χ2v) is 9.15. The smallest absolute Gasteiger partial charge is 0.478 e. The molecule has 0 aliphatic carbocycles. The fourth-order valence-electron chi connectivity index (χ4n) is 3.15. The maximum absolute atomic E-state index is 14.9. The van der Waals surface area contributed by atoms with E-state index in [9.17, 15) is 30.8 Å². The minimum Gasteiger partial charge on any atom is -0.478 e. The number of nitrogens with zero attached hydrogens (tertiary/aromatic N) is 1. The van der Waals surface area contributed by atoms with E-state index in [1.54, 1.807) is 23.8 Å². The van der Waals surface area contributed by atoms with Gasteiger partial charge in [0.15, 0.2) is 0 Å². The van der Waals surface area contributed by atoms with Crippen molar-refractivity contribution in [1.29, 1.82) is 0 Å². The summed E-state index contributed by atoms with van der Waals surface area (Å²) in [6.07, 6.45) is -2.70. The molecule has 0 fully saturated rings. The largest absolute Gasteiger partial charge is 0.573 e. The zero-order chi connectivity index (χ0) is 26.7. The van der Waals surface area contributed by atoms with Crippen LogP contribution in [0.1, 0.15) is 22.8 Å². The van der Waals surface area contributed by atoms with Crippen LogP contribution in [0.15, 0.2) is 48.7 Å². The lowest BCUT2D eigenvalue weighted by Crippen LogP contribution is -2.30. The number of sulfonamides is 1. The minimum absolute atomic E-state index is 0.0397. The van der Waals surface area contributed by atoms with Crippen molar-refractivity contribution in [2.24, 2.45) is 0 Å². The van der Waals surface area contributed by atoms with Gasteiger partial charge in [-0.1, -0.05) is 0 Å². The number of pyridine rings is 1. The lowest BCUT2D eigenvalue weighted by atomic mass is 10.0. The Balaban J connectivity index is 2.12. The van der Waals surface area contributed by atoms with Gasteiger partial charge in [0.1, 0.15) is 23.1 Å². The monoisotopic (exact) mass is 528 g/mol. The van der Waals surface area contributed by atoms with E-state index in [0.717, 1.165) is 24.5 Å². The number of nitrogens with one attached hydrogen (secondary N) is 1. The topological polar surface area (TPSA) is 104 Å². The highest BCUT2D eigenvalue weighted by molar-refractivity contribution is 7.89. The molecule has 1 heterocycles. The van der Waals surface area contributed by atoms with Crippen molar-refractivity contribution in [2.45, 2.75) is 20.2 Å². The van der Waals surface area contributed by atoms with E-state index in [4.69, 9.17) is 9.47 Å². The molecule has 3 aromatic rings. The van der Waals surface area contributed by atoms with Gasteiger partial charge in [0.2, 0.25) is 15.9 Å². The molecule has 2 aromatic carbocycles. The molecule has 1 N–H and O–H groups in total. The van der Waals surface area contributed by atoms with Crippen LogP contribution in [0.3, 0.4) is 0 Å². The number of amides is 1. The van der Waals surface area contributed by atoms with Crippen molar-refractivity contribution in [1.82, 2.24) is 9.71 Å². The Labute approximate surface area is 203 Å². The van der Waals surface area contributed by atoms with Crippen LogP contribution >= 0.6 is 0 Å². The quantitative estimate of drug-likeness (QED) is 0.412. The number of aromatic nitrogens is 1. The first-order valence-corrected chi connectivity index (χ1v) is 12.1. The zero-order valence-corrected chi connectivity index (χ0v) is 20.0. The lowest BCUT2D eigenvalue weighted by molar-refractivity contribution is -0.274. The Kier molecular flexibility index (Phi) is 7.72. The van der Waals surface area contributed by atoms with Gasteiger partial charge in [0.05, 0.1) is 18.4 Å². The maximum atomic E-state index is 14.9. The first kappa shape index (κ1) is 26.7. The van der Waals surface area contributed by atoms with Crippen molar-refractivity contribution >= 4 is 15.9 Å². The standard InChI is InChI=1S/C23H20F4N2O6S/c1-4-33-22-15(6-5-9-28-22)16-11-17(21(30)29-36(3,31)32)18(24)12-20(16)34-14-7-8-19(13(2)10-14)35-23(25,26)27/h5-12H,4H2,1-3H3,(H,29,30). The number of hydrogen-bond donors (Lipinski definition) is 1. The zero-order valence-electron chi connectivity index (χ0n) is 19.1. The van der Waals surface area contributed by atoms with Crippen LogP contribution in [0.5, 0.6) is 23.1 Å². The van der Waals surface area contributed by atoms with Crippen LogP contribution in [0.25, 0.3) is 11.1 Å². The molecule has 0 radical (unpaired) electrons. The molecule has 0 aliphatic rings. The van der Waals surface area contributed by atoms with Crippen LogP contribution in [0, 0.1) is 12.7 Å². The number of carbonyl (C=O) groups excluding carboxylic acids is 1. The van der Waals surface area contributed by atoms with Crippen molar-refractivity contribution < 1.29 is 45.0 Å². The van der Waals surface area contributed by atoms with Gasteiger partial charge in [-0.2, -0.15) is 0 Å². The number of hydrogen-bond acceptors (Lipinski definition) is 7. The second kappa shape index (κ2) is 10.4. The average molecular weight is 528 g/mol. The maximum Gasteiger partial charge on any atom is 0.573 e. The summed E-state index contributed by atoms with van der Waals surface area (Å²) in [5, 5.41) is 0. The third-order valence-corrected chi connectivity index (χ3v) is 5.09. The molecule has 13 heteroatoms. The summed E-state index contributed by atoms with van der Waals surface area (Å²) in [6.45, 7) is 3.30. The molecule has 1 aromatic heterocycles. The van der Waals surface area contributed by atoms with E-state index < -0.39 is 39.4 Å². The molecule has 0 saturated heterocycles. The van der Waals surface area contributed by atoms with Gasteiger partial charge >= 0.3 is 6.36 Å². The van der Waals surface area contributed by atoms with Crippen molar-refractivity contribution in [3.8, 4) is 34.3 Å². The fraction of sp³-hybridized carbons (Fsp3) is 0.217. The van der Waals surface area contributed by atoms with Gasteiger partial charge in [0, 0.05) is 23.4 Å². The number of aryl methyl sites for hydroxylation is 1. The molecule has 0 bridgehead atoms. The third kappa shape index (κ3) is 6.84. The summed E-state index contributed by atoms with van der Waals surface area (Å²) in [4.78, 5) is 16.5. The lowest BCUT2D eigenvalue weighted by Gasteiger charge is -2.17. The molecule has 0 aliphatic heterocycles. The van der Waals surface area contributed by atoms with Crippen molar-refractivity contribution in [2.75, 3.05) is 12.9 Å². The summed E-state index contributed by atoms with van der Waals surface area (Å²) >= 11 is 0. The van der Waals surface area contributed by atoms with Crippen molar-refractivity contribution in [3.63, 3.8) is 0 Å². The van der Waals surface area contributed by atoms with E-state index in [-0.39, 0.29) is 40.7 Å². The van der Waals surface area contributed by atoms with E-state index in [0.29, 0.717) is 0 Å².